The number of rotatable bonds is 6. The summed E-state index contributed by atoms with van der Waals surface area (Å²) in [7, 11) is 0. The fraction of sp³-hybridized carbons (Fsp3) is 0.375. The van der Waals surface area contributed by atoms with Gasteiger partial charge in [-0.25, -0.2) is 0 Å². The van der Waals surface area contributed by atoms with Crippen LogP contribution in [0.15, 0.2) is 72.9 Å². The maximum atomic E-state index is 6.27. The smallest absolute Gasteiger partial charge is 0.121 e. The van der Waals surface area contributed by atoms with Crippen molar-refractivity contribution < 1.29 is 4.74 Å². The van der Waals surface area contributed by atoms with Crippen LogP contribution in [0.25, 0.3) is 10.9 Å². The highest BCUT2D eigenvalue weighted by molar-refractivity contribution is 5.86. The van der Waals surface area contributed by atoms with Crippen LogP contribution in [-0.2, 0) is 18.6 Å². The van der Waals surface area contributed by atoms with Gasteiger partial charge in [-0.15, -0.1) is 12.4 Å². The molecule has 0 atom stereocenters. The van der Waals surface area contributed by atoms with E-state index in [9.17, 15) is 0 Å². The molecule has 0 spiro atoms. The molecule has 2 heterocycles. The molecule has 1 N–H and O–H groups in total. The first-order valence-electron chi connectivity index (χ1n) is 13.0. The maximum Gasteiger partial charge on any atom is 0.121 e. The second kappa shape index (κ2) is 11.1. The molecule has 0 radical (unpaired) electrons. The lowest BCUT2D eigenvalue weighted by Gasteiger charge is -2.22. The van der Waals surface area contributed by atoms with Crippen molar-refractivity contribution in [3.05, 3.63) is 101 Å². The summed E-state index contributed by atoms with van der Waals surface area (Å²) >= 11 is 0. The molecule has 0 unspecified atom stereocenters. The predicted molar refractivity (Wildman–Crippen MR) is 154 cm³/mol. The molecule has 1 aliphatic rings. The summed E-state index contributed by atoms with van der Waals surface area (Å²) in [5.74, 6) is 1.54. The summed E-state index contributed by atoms with van der Waals surface area (Å²) in [6.45, 7) is 12.6. The van der Waals surface area contributed by atoms with Gasteiger partial charge in [-0.1, -0.05) is 69.3 Å². The summed E-state index contributed by atoms with van der Waals surface area (Å²) in [4.78, 5) is 0. The Kier molecular flexibility index (Phi) is 8.12. The van der Waals surface area contributed by atoms with Crippen molar-refractivity contribution in [2.24, 2.45) is 0 Å². The van der Waals surface area contributed by atoms with E-state index in [1.165, 1.54) is 51.6 Å². The van der Waals surface area contributed by atoms with E-state index in [0.29, 0.717) is 12.5 Å². The Labute approximate surface area is 222 Å². The molecule has 4 aromatic rings. The normalized spacial score (nSPS) is 14.6. The van der Waals surface area contributed by atoms with Gasteiger partial charge >= 0.3 is 0 Å². The van der Waals surface area contributed by atoms with Gasteiger partial charge in [0.25, 0.3) is 0 Å². The molecule has 3 nitrogen and oxygen atoms in total. The molecule has 0 aliphatic carbocycles. The van der Waals surface area contributed by atoms with E-state index in [-0.39, 0.29) is 17.8 Å². The Morgan fingerprint density at radius 2 is 1.67 bits per heavy atom. The highest BCUT2D eigenvalue weighted by Crippen LogP contribution is 2.35. The third kappa shape index (κ3) is 5.79. The highest BCUT2D eigenvalue weighted by atomic mass is 35.5. The van der Waals surface area contributed by atoms with Gasteiger partial charge in [0.05, 0.1) is 5.52 Å². The van der Waals surface area contributed by atoms with Gasteiger partial charge < -0.3 is 14.6 Å². The van der Waals surface area contributed by atoms with Gasteiger partial charge in [0.1, 0.15) is 12.4 Å². The van der Waals surface area contributed by atoms with Gasteiger partial charge in [0.2, 0.25) is 0 Å². The standard InChI is InChI=1S/C32H38N2O.ClH/c1-23-7-5-6-8-26(23)22-35-28-13-14-29-30(25-15-17-33-18-16-25)21-34(31(29)19-28)20-24-9-11-27(12-10-24)32(2,3)4;/h5-14,19,21,25,33H,15-18,20,22H2,1-4H3;1H. The molecule has 3 aromatic carbocycles. The number of fused-ring (bicyclic) bond motifs is 1. The van der Waals surface area contributed by atoms with Crippen LogP contribution in [0.2, 0.25) is 0 Å². The number of nitrogens with zero attached hydrogens (tertiary/aromatic N) is 1. The molecule has 36 heavy (non-hydrogen) atoms. The maximum absolute atomic E-state index is 6.27. The minimum atomic E-state index is 0. The van der Waals surface area contributed by atoms with Crippen molar-refractivity contribution >= 4 is 23.3 Å². The molecule has 0 amide bonds. The first-order chi connectivity index (χ1) is 16.9. The Morgan fingerprint density at radius 3 is 2.36 bits per heavy atom. The zero-order valence-electron chi connectivity index (χ0n) is 22.0. The third-order valence-electron chi connectivity index (χ3n) is 7.49. The lowest BCUT2D eigenvalue weighted by Crippen LogP contribution is -2.26. The zero-order chi connectivity index (χ0) is 24.4. The van der Waals surface area contributed by atoms with Crippen molar-refractivity contribution in [2.75, 3.05) is 13.1 Å². The first-order valence-corrected chi connectivity index (χ1v) is 13.0. The summed E-state index contributed by atoms with van der Waals surface area (Å²) in [5, 5.41) is 4.88. The Bertz CT molecular complexity index is 1290. The van der Waals surface area contributed by atoms with Crippen LogP contribution in [0.1, 0.15) is 67.3 Å². The lowest BCUT2D eigenvalue weighted by atomic mass is 9.87. The minimum absolute atomic E-state index is 0. The Balaban J connectivity index is 0.00000304. The number of aryl methyl sites for hydroxylation is 1. The summed E-state index contributed by atoms with van der Waals surface area (Å²) in [6.07, 6.45) is 4.80. The van der Waals surface area contributed by atoms with E-state index in [2.05, 4.69) is 111 Å². The topological polar surface area (TPSA) is 26.2 Å². The number of ether oxygens (including phenoxy) is 1. The van der Waals surface area contributed by atoms with Gasteiger partial charge in [-0.3, -0.25) is 0 Å². The van der Waals surface area contributed by atoms with E-state index in [0.717, 1.165) is 25.4 Å². The number of nitrogens with one attached hydrogen (secondary N) is 1. The number of aromatic nitrogens is 1. The number of halogens is 1. The number of piperidine rings is 1. The monoisotopic (exact) mass is 502 g/mol. The largest absolute Gasteiger partial charge is 0.489 e. The number of hydrogen-bond donors (Lipinski definition) is 1. The van der Waals surface area contributed by atoms with Crippen molar-refractivity contribution in [3.8, 4) is 5.75 Å². The van der Waals surface area contributed by atoms with Crippen LogP contribution in [0, 0.1) is 6.92 Å². The average molecular weight is 503 g/mol. The molecule has 1 aliphatic heterocycles. The quantitative estimate of drug-likeness (QED) is 0.291. The van der Waals surface area contributed by atoms with Crippen LogP contribution >= 0.6 is 12.4 Å². The summed E-state index contributed by atoms with van der Waals surface area (Å²) < 4.78 is 8.70. The summed E-state index contributed by atoms with van der Waals surface area (Å²) in [6, 6.07) is 24.2. The van der Waals surface area contributed by atoms with E-state index in [1.54, 1.807) is 0 Å². The summed E-state index contributed by atoms with van der Waals surface area (Å²) in [5.41, 5.74) is 8.13. The Hall–Kier alpha value is -2.75. The van der Waals surface area contributed by atoms with Gasteiger partial charge in [0.15, 0.2) is 0 Å². The van der Waals surface area contributed by atoms with Gasteiger partial charge in [0, 0.05) is 24.2 Å². The molecule has 4 heteroatoms. The van der Waals surface area contributed by atoms with Crippen LogP contribution in [-0.4, -0.2) is 17.7 Å². The molecule has 0 bridgehead atoms. The fourth-order valence-corrected chi connectivity index (χ4v) is 5.22. The van der Waals surface area contributed by atoms with Crippen LogP contribution in [0.5, 0.6) is 5.75 Å². The highest BCUT2D eigenvalue weighted by Gasteiger charge is 2.21. The molecule has 190 valence electrons. The van der Waals surface area contributed by atoms with E-state index < -0.39 is 0 Å². The van der Waals surface area contributed by atoms with Gasteiger partial charge in [-0.2, -0.15) is 0 Å². The van der Waals surface area contributed by atoms with E-state index in [1.807, 2.05) is 0 Å². The molecule has 1 fully saturated rings. The third-order valence-corrected chi connectivity index (χ3v) is 7.49. The molecule has 1 saturated heterocycles. The molecule has 0 saturated carbocycles. The van der Waals surface area contributed by atoms with Crippen LogP contribution in [0.3, 0.4) is 0 Å². The zero-order valence-corrected chi connectivity index (χ0v) is 22.8. The minimum Gasteiger partial charge on any atom is -0.489 e. The molecule has 1 aromatic heterocycles. The van der Waals surface area contributed by atoms with Crippen molar-refractivity contribution in [1.29, 1.82) is 0 Å². The van der Waals surface area contributed by atoms with E-state index >= 15 is 0 Å². The van der Waals surface area contributed by atoms with Crippen molar-refractivity contribution in [1.82, 2.24) is 9.88 Å². The van der Waals surface area contributed by atoms with Crippen molar-refractivity contribution in [3.63, 3.8) is 0 Å². The second-order valence-electron chi connectivity index (χ2n) is 11.1. The van der Waals surface area contributed by atoms with Crippen molar-refractivity contribution in [2.45, 2.75) is 65.0 Å². The first kappa shape index (κ1) is 26.3. The van der Waals surface area contributed by atoms with Gasteiger partial charge in [-0.05, 0) is 84.1 Å². The second-order valence-corrected chi connectivity index (χ2v) is 11.1. The van der Waals surface area contributed by atoms with E-state index in [4.69, 9.17) is 4.74 Å². The SMILES string of the molecule is Cc1ccccc1COc1ccc2c(C3CCNCC3)cn(Cc3ccc(C(C)(C)C)cc3)c2c1.Cl. The number of benzene rings is 3. The average Bonchev–Trinajstić information content (AvgIpc) is 3.21. The Morgan fingerprint density at radius 1 is 0.944 bits per heavy atom. The predicted octanol–water partition coefficient (Wildman–Crippen LogP) is 7.76. The molecular weight excluding hydrogens is 464 g/mol. The molecule has 5 rings (SSSR count). The molecular formula is C32H39ClN2O. The fourth-order valence-electron chi connectivity index (χ4n) is 5.22. The number of hydrogen-bond acceptors (Lipinski definition) is 2. The lowest BCUT2D eigenvalue weighted by molar-refractivity contribution is 0.306. The van der Waals surface area contributed by atoms with Crippen LogP contribution in [0.4, 0.5) is 0 Å². The van der Waals surface area contributed by atoms with Crippen LogP contribution < -0.4 is 10.1 Å².